The Balaban J connectivity index is 2.20. The second-order valence-electron chi connectivity index (χ2n) is 3.34. The number of aliphatic hydroxyl groups is 1. The third-order valence-electron chi connectivity index (χ3n) is 2.03. The molecule has 0 bridgehead atoms. The molecule has 1 unspecified atom stereocenters. The molecule has 0 saturated heterocycles. The molecule has 1 rings (SSSR count). The molecule has 0 aliphatic carbocycles. The SMILES string of the molecule is CCC(O)CNC(=O)CSc1ccncc1. The first kappa shape index (κ1) is 13.0. The first-order chi connectivity index (χ1) is 7.72. The summed E-state index contributed by atoms with van der Waals surface area (Å²) < 4.78 is 0. The van der Waals surface area contributed by atoms with E-state index in [1.165, 1.54) is 11.8 Å². The Morgan fingerprint density at radius 3 is 2.88 bits per heavy atom. The average Bonchev–Trinajstić information content (AvgIpc) is 2.34. The standard InChI is InChI=1S/C11H16N2O2S/c1-2-9(14)7-13-11(15)8-16-10-3-5-12-6-4-10/h3-6,9,14H,2,7-8H2,1H3,(H,13,15). The Hall–Kier alpha value is -1.07. The molecule has 1 amide bonds. The van der Waals surface area contributed by atoms with Gasteiger partial charge in [0.25, 0.3) is 0 Å². The number of carbonyl (C=O) groups excluding carboxylic acids is 1. The van der Waals surface area contributed by atoms with Gasteiger partial charge in [0, 0.05) is 23.8 Å². The Bertz CT molecular complexity index is 319. The topological polar surface area (TPSA) is 62.2 Å². The maximum atomic E-state index is 11.4. The van der Waals surface area contributed by atoms with E-state index in [9.17, 15) is 9.90 Å². The number of rotatable bonds is 6. The van der Waals surface area contributed by atoms with Gasteiger partial charge in [0.05, 0.1) is 11.9 Å². The van der Waals surface area contributed by atoms with Gasteiger partial charge in [0.1, 0.15) is 0 Å². The summed E-state index contributed by atoms with van der Waals surface area (Å²) in [7, 11) is 0. The summed E-state index contributed by atoms with van der Waals surface area (Å²) in [6, 6.07) is 3.72. The highest BCUT2D eigenvalue weighted by atomic mass is 32.2. The molecule has 5 heteroatoms. The Morgan fingerprint density at radius 1 is 1.56 bits per heavy atom. The van der Waals surface area contributed by atoms with E-state index in [0.717, 1.165) is 4.90 Å². The molecule has 0 aliphatic heterocycles. The highest BCUT2D eigenvalue weighted by molar-refractivity contribution is 8.00. The van der Waals surface area contributed by atoms with Crippen molar-refractivity contribution < 1.29 is 9.90 Å². The zero-order chi connectivity index (χ0) is 11.8. The molecular formula is C11H16N2O2S. The van der Waals surface area contributed by atoms with Crippen LogP contribution in [0.5, 0.6) is 0 Å². The minimum Gasteiger partial charge on any atom is -0.391 e. The quantitative estimate of drug-likeness (QED) is 0.730. The maximum absolute atomic E-state index is 11.4. The highest BCUT2D eigenvalue weighted by Crippen LogP contribution is 2.15. The van der Waals surface area contributed by atoms with E-state index in [-0.39, 0.29) is 5.91 Å². The van der Waals surface area contributed by atoms with E-state index in [0.29, 0.717) is 18.7 Å². The molecule has 88 valence electrons. The number of hydrogen-bond acceptors (Lipinski definition) is 4. The minimum atomic E-state index is -0.449. The fourth-order valence-corrected chi connectivity index (χ4v) is 1.72. The maximum Gasteiger partial charge on any atom is 0.230 e. The van der Waals surface area contributed by atoms with Crippen LogP contribution >= 0.6 is 11.8 Å². The fourth-order valence-electron chi connectivity index (χ4n) is 1.01. The predicted molar refractivity (Wildman–Crippen MR) is 64.3 cm³/mol. The molecule has 0 radical (unpaired) electrons. The summed E-state index contributed by atoms with van der Waals surface area (Å²) in [5, 5.41) is 11.9. The first-order valence-electron chi connectivity index (χ1n) is 5.20. The van der Waals surface area contributed by atoms with Crippen LogP contribution in [0.1, 0.15) is 13.3 Å². The fraction of sp³-hybridized carbons (Fsp3) is 0.455. The summed E-state index contributed by atoms with van der Waals surface area (Å²) >= 11 is 1.45. The highest BCUT2D eigenvalue weighted by Gasteiger charge is 2.05. The lowest BCUT2D eigenvalue weighted by molar-refractivity contribution is -0.119. The van der Waals surface area contributed by atoms with Gasteiger partial charge in [-0.1, -0.05) is 6.92 Å². The smallest absolute Gasteiger partial charge is 0.230 e. The van der Waals surface area contributed by atoms with Crippen molar-refractivity contribution in [1.29, 1.82) is 0 Å². The molecule has 1 heterocycles. The van der Waals surface area contributed by atoms with Gasteiger partial charge in [0.15, 0.2) is 0 Å². The predicted octanol–water partition coefficient (Wildman–Crippen LogP) is 1.06. The van der Waals surface area contributed by atoms with Gasteiger partial charge in [0.2, 0.25) is 5.91 Å². The van der Waals surface area contributed by atoms with Gasteiger partial charge in [-0.3, -0.25) is 9.78 Å². The van der Waals surface area contributed by atoms with Gasteiger partial charge in [-0.05, 0) is 18.6 Å². The summed E-state index contributed by atoms with van der Waals surface area (Å²) in [5.41, 5.74) is 0. The summed E-state index contributed by atoms with van der Waals surface area (Å²) in [5.74, 6) is 0.301. The van der Waals surface area contributed by atoms with E-state index in [2.05, 4.69) is 10.3 Å². The van der Waals surface area contributed by atoms with E-state index >= 15 is 0 Å². The van der Waals surface area contributed by atoms with Gasteiger partial charge in [-0.25, -0.2) is 0 Å². The molecule has 1 aromatic heterocycles. The van der Waals surface area contributed by atoms with Crippen LogP contribution in [0, 0.1) is 0 Å². The number of nitrogens with zero attached hydrogens (tertiary/aromatic N) is 1. The van der Waals surface area contributed by atoms with E-state index < -0.39 is 6.10 Å². The van der Waals surface area contributed by atoms with Crippen LogP contribution in [0.15, 0.2) is 29.4 Å². The van der Waals surface area contributed by atoms with Gasteiger partial charge in [-0.15, -0.1) is 11.8 Å². The lowest BCUT2D eigenvalue weighted by Gasteiger charge is -2.09. The number of amides is 1. The number of carbonyl (C=O) groups is 1. The molecule has 4 nitrogen and oxygen atoms in total. The van der Waals surface area contributed by atoms with Gasteiger partial charge in [-0.2, -0.15) is 0 Å². The van der Waals surface area contributed by atoms with Crippen molar-refractivity contribution >= 4 is 17.7 Å². The molecule has 0 fully saturated rings. The summed E-state index contributed by atoms with van der Waals surface area (Å²) in [6.45, 7) is 2.20. The van der Waals surface area contributed by atoms with Crippen molar-refractivity contribution in [2.24, 2.45) is 0 Å². The van der Waals surface area contributed by atoms with Crippen LogP contribution in [0.3, 0.4) is 0 Å². The third-order valence-corrected chi connectivity index (χ3v) is 3.04. The van der Waals surface area contributed by atoms with Gasteiger partial charge < -0.3 is 10.4 Å². The lowest BCUT2D eigenvalue weighted by atomic mass is 10.3. The number of thioether (sulfide) groups is 1. The monoisotopic (exact) mass is 240 g/mol. The van der Waals surface area contributed by atoms with Crippen LogP contribution < -0.4 is 5.32 Å². The van der Waals surface area contributed by atoms with E-state index in [4.69, 9.17) is 0 Å². The number of pyridine rings is 1. The largest absolute Gasteiger partial charge is 0.391 e. The normalized spacial score (nSPS) is 12.1. The molecule has 16 heavy (non-hydrogen) atoms. The van der Waals surface area contributed by atoms with Crippen molar-refractivity contribution in [3.05, 3.63) is 24.5 Å². The van der Waals surface area contributed by atoms with Crippen molar-refractivity contribution in [1.82, 2.24) is 10.3 Å². The molecule has 1 atom stereocenters. The molecule has 2 N–H and O–H groups in total. The summed E-state index contributed by atoms with van der Waals surface area (Å²) in [4.78, 5) is 16.3. The minimum absolute atomic E-state index is 0.0608. The zero-order valence-electron chi connectivity index (χ0n) is 9.22. The van der Waals surface area contributed by atoms with Crippen LogP contribution in [0.2, 0.25) is 0 Å². The first-order valence-corrected chi connectivity index (χ1v) is 6.18. The summed E-state index contributed by atoms with van der Waals surface area (Å²) in [6.07, 6.45) is 3.59. The Labute approximate surface area is 99.5 Å². The van der Waals surface area contributed by atoms with Crippen LogP contribution in [0.4, 0.5) is 0 Å². The second-order valence-corrected chi connectivity index (χ2v) is 4.39. The second kappa shape index (κ2) is 7.24. The van der Waals surface area contributed by atoms with E-state index in [1.807, 2.05) is 19.1 Å². The molecule has 1 aromatic rings. The van der Waals surface area contributed by atoms with Crippen LogP contribution in [-0.4, -0.2) is 34.4 Å². The number of nitrogens with one attached hydrogen (secondary N) is 1. The van der Waals surface area contributed by atoms with Crippen molar-refractivity contribution in [2.75, 3.05) is 12.3 Å². The Morgan fingerprint density at radius 2 is 2.25 bits per heavy atom. The number of aliphatic hydroxyl groups excluding tert-OH is 1. The van der Waals surface area contributed by atoms with E-state index in [1.54, 1.807) is 12.4 Å². The molecule has 0 spiro atoms. The number of hydrogen-bond donors (Lipinski definition) is 2. The average molecular weight is 240 g/mol. The molecule has 0 saturated carbocycles. The molecular weight excluding hydrogens is 224 g/mol. The van der Waals surface area contributed by atoms with Crippen molar-refractivity contribution in [2.45, 2.75) is 24.3 Å². The zero-order valence-corrected chi connectivity index (χ0v) is 10.0. The Kier molecular flexibility index (Phi) is 5.88. The van der Waals surface area contributed by atoms with Crippen molar-refractivity contribution in [3.63, 3.8) is 0 Å². The van der Waals surface area contributed by atoms with Crippen LogP contribution in [-0.2, 0) is 4.79 Å². The molecule has 0 aromatic carbocycles. The third kappa shape index (κ3) is 5.14. The van der Waals surface area contributed by atoms with Crippen molar-refractivity contribution in [3.8, 4) is 0 Å². The number of aromatic nitrogens is 1. The molecule has 0 aliphatic rings. The van der Waals surface area contributed by atoms with Gasteiger partial charge >= 0.3 is 0 Å². The van der Waals surface area contributed by atoms with Crippen LogP contribution in [0.25, 0.3) is 0 Å². The lowest BCUT2D eigenvalue weighted by Crippen LogP contribution is -2.32.